The minimum atomic E-state index is 0.491. The van der Waals surface area contributed by atoms with Crippen molar-refractivity contribution in [2.24, 2.45) is 16.6 Å². The van der Waals surface area contributed by atoms with Crippen molar-refractivity contribution in [2.75, 3.05) is 0 Å². The molecule has 0 amide bonds. The fourth-order valence-corrected chi connectivity index (χ4v) is 2.06. The molecule has 1 heterocycles. The maximum atomic E-state index is 5.98. The van der Waals surface area contributed by atoms with Gasteiger partial charge < -0.3 is 5.73 Å². The van der Waals surface area contributed by atoms with E-state index in [9.17, 15) is 0 Å². The third-order valence-electron chi connectivity index (χ3n) is 2.89. The largest absolute Gasteiger partial charge is 0.387 e. The Morgan fingerprint density at radius 3 is 2.80 bits per heavy atom. The van der Waals surface area contributed by atoms with Gasteiger partial charge in [-0.1, -0.05) is 12.8 Å². The van der Waals surface area contributed by atoms with Crippen molar-refractivity contribution >= 4 is 11.5 Å². The zero-order valence-corrected chi connectivity index (χ0v) is 9.11. The van der Waals surface area contributed by atoms with Crippen molar-refractivity contribution in [3.8, 4) is 0 Å². The van der Waals surface area contributed by atoms with Crippen LogP contribution in [0.25, 0.3) is 0 Å². The Kier molecular flexibility index (Phi) is 2.99. The molecule has 1 fully saturated rings. The summed E-state index contributed by atoms with van der Waals surface area (Å²) in [5, 5.41) is 0. The van der Waals surface area contributed by atoms with Gasteiger partial charge in [-0.25, -0.2) is 4.99 Å². The van der Waals surface area contributed by atoms with Crippen LogP contribution in [-0.2, 0) is 0 Å². The standard InChI is InChI=1S/C12H17N3/c1-9-6-11(8-14-7-9)15-12(13)10-4-2-3-5-10/h6-8,10H,2-5H2,1H3,(H2,13,15). The normalized spacial score (nSPS) is 18.3. The lowest BCUT2D eigenvalue weighted by Gasteiger charge is -2.07. The number of aryl methyl sites for hydroxylation is 1. The molecule has 0 unspecified atom stereocenters. The lowest BCUT2D eigenvalue weighted by molar-refractivity contribution is 0.722. The first-order chi connectivity index (χ1) is 7.25. The van der Waals surface area contributed by atoms with Crippen LogP contribution < -0.4 is 5.73 Å². The maximum Gasteiger partial charge on any atom is 0.103 e. The molecular weight excluding hydrogens is 186 g/mol. The highest BCUT2D eigenvalue weighted by atomic mass is 14.9. The Hall–Kier alpha value is -1.38. The molecule has 0 spiro atoms. The lowest BCUT2D eigenvalue weighted by atomic mass is 10.1. The Bertz CT molecular complexity index is 365. The molecular formula is C12H17N3. The summed E-state index contributed by atoms with van der Waals surface area (Å²) in [5.74, 6) is 1.27. The topological polar surface area (TPSA) is 51.3 Å². The zero-order chi connectivity index (χ0) is 10.7. The summed E-state index contributed by atoms with van der Waals surface area (Å²) in [5.41, 5.74) is 7.98. The molecule has 1 aromatic rings. The second-order valence-corrected chi connectivity index (χ2v) is 4.24. The van der Waals surface area contributed by atoms with Crippen LogP contribution in [-0.4, -0.2) is 10.8 Å². The molecule has 3 nitrogen and oxygen atoms in total. The summed E-state index contributed by atoms with van der Waals surface area (Å²) < 4.78 is 0. The summed E-state index contributed by atoms with van der Waals surface area (Å²) in [6, 6.07) is 2.01. The van der Waals surface area contributed by atoms with E-state index in [4.69, 9.17) is 5.73 Å². The third kappa shape index (κ3) is 2.55. The van der Waals surface area contributed by atoms with E-state index >= 15 is 0 Å². The summed E-state index contributed by atoms with van der Waals surface area (Å²) in [7, 11) is 0. The molecule has 0 radical (unpaired) electrons. The van der Waals surface area contributed by atoms with Crippen LogP contribution in [0.2, 0.25) is 0 Å². The SMILES string of the molecule is Cc1cncc(N=C(N)C2CCCC2)c1. The van der Waals surface area contributed by atoms with Gasteiger partial charge in [0.2, 0.25) is 0 Å². The van der Waals surface area contributed by atoms with Crippen LogP contribution in [0.1, 0.15) is 31.2 Å². The molecule has 2 N–H and O–H groups in total. The Morgan fingerprint density at radius 1 is 1.40 bits per heavy atom. The van der Waals surface area contributed by atoms with Crippen LogP contribution in [0.4, 0.5) is 5.69 Å². The number of nitrogens with zero attached hydrogens (tertiary/aromatic N) is 2. The van der Waals surface area contributed by atoms with E-state index in [0.29, 0.717) is 5.92 Å². The molecule has 80 valence electrons. The highest BCUT2D eigenvalue weighted by Gasteiger charge is 2.18. The first kappa shape index (κ1) is 10.1. The van der Waals surface area contributed by atoms with Crippen molar-refractivity contribution < 1.29 is 0 Å². The molecule has 0 saturated heterocycles. The van der Waals surface area contributed by atoms with Crippen LogP contribution in [0.3, 0.4) is 0 Å². The van der Waals surface area contributed by atoms with E-state index in [0.717, 1.165) is 17.1 Å². The summed E-state index contributed by atoms with van der Waals surface area (Å²) in [6.45, 7) is 2.01. The van der Waals surface area contributed by atoms with Gasteiger partial charge in [0.15, 0.2) is 0 Å². The molecule has 0 aliphatic heterocycles. The van der Waals surface area contributed by atoms with E-state index in [-0.39, 0.29) is 0 Å². The van der Waals surface area contributed by atoms with E-state index < -0.39 is 0 Å². The van der Waals surface area contributed by atoms with Gasteiger partial charge in [-0.3, -0.25) is 4.98 Å². The lowest BCUT2D eigenvalue weighted by Crippen LogP contribution is -2.20. The smallest absolute Gasteiger partial charge is 0.103 e. The molecule has 0 aromatic carbocycles. The molecule has 0 atom stereocenters. The number of hydrogen-bond donors (Lipinski definition) is 1. The second kappa shape index (κ2) is 4.43. The quantitative estimate of drug-likeness (QED) is 0.593. The van der Waals surface area contributed by atoms with Crippen molar-refractivity contribution in [3.05, 3.63) is 24.0 Å². The van der Waals surface area contributed by atoms with E-state index in [1.165, 1.54) is 25.7 Å². The predicted octanol–water partition coefficient (Wildman–Crippen LogP) is 2.57. The number of amidine groups is 1. The van der Waals surface area contributed by atoms with Gasteiger partial charge in [0.1, 0.15) is 5.84 Å². The first-order valence-electron chi connectivity index (χ1n) is 5.51. The molecule has 2 rings (SSSR count). The summed E-state index contributed by atoms with van der Waals surface area (Å²) >= 11 is 0. The van der Waals surface area contributed by atoms with E-state index in [1.54, 1.807) is 6.20 Å². The number of nitrogens with two attached hydrogens (primary N) is 1. The van der Waals surface area contributed by atoms with Crippen molar-refractivity contribution in [2.45, 2.75) is 32.6 Å². The van der Waals surface area contributed by atoms with Crippen molar-refractivity contribution in [3.63, 3.8) is 0 Å². The average molecular weight is 203 g/mol. The van der Waals surface area contributed by atoms with Gasteiger partial charge in [0.25, 0.3) is 0 Å². The van der Waals surface area contributed by atoms with Crippen LogP contribution in [0, 0.1) is 12.8 Å². The zero-order valence-electron chi connectivity index (χ0n) is 9.11. The van der Waals surface area contributed by atoms with Gasteiger partial charge in [0, 0.05) is 12.1 Å². The summed E-state index contributed by atoms with van der Waals surface area (Å²) in [4.78, 5) is 8.54. The van der Waals surface area contributed by atoms with Crippen molar-refractivity contribution in [1.29, 1.82) is 0 Å². The van der Waals surface area contributed by atoms with Crippen LogP contribution in [0.5, 0.6) is 0 Å². The minimum Gasteiger partial charge on any atom is -0.387 e. The molecule has 15 heavy (non-hydrogen) atoms. The van der Waals surface area contributed by atoms with Gasteiger partial charge >= 0.3 is 0 Å². The second-order valence-electron chi connectivity index (χ2n) is 4.24. The third-order valence-corrected chi connectivity index (χ3v) is 2.89. The van der Waals surface area contributed by atoms with Crippen LogP contribution >= 0.6 is 0 Å². The average Bonchev–Trinajstić information content (AvgIpc) is 2.70. The molecule has 1 aromatic heterocycles. The van der Waals surface area contributed by atoms with Crippen LogP contribution in [0.15, 0.2) is 23.5 Å². The first-order valence-corrected chi connectivity index (χ1v) is 5.51. The predicted molar refractivity (Wildman–Crippen MR) is 62.2 cm³/mol. The fourth-order valence-electron chi connectivity index (χ4n) is 2.06. The number of pyridine rings is 1. The fraction of sp³-hybridized carbons (Fsp3) is 0.500. The number of hydrogen-bond acceptors (Lipinski definition) is 2. The van der Waals surface area contributed by atoms with Gasteiger partial charge in [-0.05, 0) is 31.4 Å². The number of rotatable bonds is 2. The summed E-state index contributed by atoms with van der Waals surface area (Å²) in [6.07, 6.45) is 8.53. The molecule has 0 bridgehead atoms. The molecule has 1 aliphatic carbocycles. The van der Waals surface area contributed by atoms with Gasteiger partial charge in [-0.2, -0.15) is 0 Å². The molecule has 1 saturated carbocycles. The molecule has 3 heteroatoms. The van der Waals surface area contributed by atoms with Crippen molar-refractivity contribution in [1.82, 2.24) is 4.98 Å². The van der Waals surface area contributed by atoms with Gasteiger partial charge in [-0.15, -0.1) is 0 Å². The highest BCUT2D eigenvalue weighted by molar-refractivity contribution is 5.85. The minimum absolute atomic E-state index is 0.491. The molecule has 1 aliphatic rings. The number of aromatic nitrogens is 1. The Balaban J connectivity index is 2.14. The monoisotopic (exact) mass is 203 g/mol. The maximum absolute atomic E-state index is 5.98. The van der Waals surface area contributed by atoms with Gasteiger partial charge in [0.05, 0.1) is 11.9 Å². The highest BCUT2D eigenvalue weighted by Crippen LogP contribution is 2.26. The number of aliphatic imine (C=N–C) groups is 1. The Labute approximate surface area is 90.4 Å². The van der Waals surface area contributed by atoms with E-state index in [1.807, 2.05) is 19.2 Å². The Morgan fingerprint density at radius 2 is 2.13 bits per heavy atom. The van der Waals surface area contributed by atoms with E-state index in [2.05, 4.69) is 9.98 Å².